The summed E-state index contributed by atoms with van der Waals surface area (Å²) in [5.74, 6) is 0.466. The molecule has 0 spiro atoms. The van der Waals surface area contributed by atoms with E-state index in [0.29, 0.717) is 19.0 Å². The molecule has 0 bridgehead atoms. The molecule has 1 amide bonds. The van der Waals surface area contributed by atoms with Crippen molar-refractivity contribution in [2.24, 2.45) is 17.8 Å². The minimum atomic E-state index is -0.761. The summed E-state index contributed by atoms with van der Waals surface area (Å²) in [4.78, 5) is 25.3. The number of amides is 1. The number of carbonyl (C=O) groups excluding carboxylic acids is 1. The number of hydrogen-bond acceptors (Lipinski definition) is 3. The normalized spacial score (nSPS) is 32.2. The molecular weight excluding hydrogens is 250 g/mol. The Balaban J connectivity index is 2.03. The van der Waals surface area contributed by atoms with Crippen molar-refractivity contribution in [1.29, 1.82) is 0 Å². The summed E-state index contributed by atoms with van der Waals surface area (Å²) in [6, 6.07) is 0. The zero-order valence-corrected chi connectivity index (χ0v) is 11.8. The average Bonchev–Trinajstić information content (AvgIpc) is 2.97. The molecule has 2 fully saturated rings. The number of carboxylic acid groups (broad SMARTS) is 1. The molecule has 0 aromatic carbocycles. The Morgan fingerprint density at radius 3 is 2.50 bits per heavy atom. The SMILES string of the molecule is CC(C)[C@@H]1CN(C(=O)C2CCCS2)C[C@H]1C(=O)O. The third kappa shape index (κ3) is 2.66. The van der Waals surface area contributed by atoms with Gasteiger partial charge in [-0.3, -0.25) is 9.59 Å². The van der Waals surface area contributed by atoms with Gasteiger partial charge in [0.2, 0.25) is 5.91 Å². The van der Waals surface area contributed by atoms with Crippen LogP contribution >= 0.6 is 11.8 Å². The van der Waals surface area contributed by atoms with Crippen molar-refractivity contribution in [2.45, 2.75) is 31.9 Å². The summed E-state index contributed by atoms with van der Waals surface area (Å²) in [6.45, 7) is 5.09. The fourth-order valence-corrected chi connectivity index (χ4v) is 4.16. The molecule has 2 aliphatic heterocycles. The Labute approximate surface area is 112 Å². The Hall–Kier alpha value is -0.710. The predicted molar refractivity (Wildman–Crippen MR) is 71.5 cm³/mol. The van der Waals surface area contributed by atoms with Crippen molar-refractivity contribution >= 4 is 23.6 Å². The number of likely N-dealkylation sites (tertiary alicyclic amines) is 1. The van der Waals surface area contributed by atoms with E-state index >= 15 is 0 Å². The lowest BCUT2D eigenvalue weighted by Gasteiger charge is -2.20. The van der Waals surface area contributed by atoms with Crippen LogP contribution in [0.2, 0.25) is 0 Å². The molecule has 4 nitrogen and oxygen atoms in total. The van der Waals surface area contributed by atoms with Crippen molar-refractivity contribution in [3.8, 4) is 0 Å². The summed E-state index contributed by atoms with van der Waals surface area (Å²) >= 11 is 1.72. The second-order valence-corrected chi connectivity index (χ2v) is 6.91. The van der Waals surface area contributed by atoms with Crippen LogP contribution in [0.3, 0.4) is 0 Å². The van der Waals surface area contributed by atoms with E-state index in [-0.39, 0.29) is 23.0 Å². The maximum absolute atomic E-state index is 12.3. The van der Waals surface area contributed by atoms with Crippen molar-refractivity contribution in [3.63, 3.8) is 0 Å². The minimum absolute atomic E-state index is 0.0744. The van der Waals surface area contributed by atoms with E-state index in [1.54, 1.807) is 16.7 Å². The highest BCUT2D eigenvalue weighted by Crippen LogP contribution is 2.34. The van der Waals surface area contributed by atoms with E-state index in [1.807, 2.05) is 13.8 Å². The summed E-state index contributed by atoms with van der Waals surface area (Å²) in [6.07, 6.45) is 2.05. The number of hydrogen-bond donors (Lipinski definition) is 1. The van der Waals surface area contributed by atoms with Crippen LogP contribution in [0.1, 0.15) is 26.7 Å². The van der Waals surface area contributed by atoms with Gasteiger partial charge in [-0.15, -0.1) is 11.8 Å². The first kappa shape index (κ1) is 13.7. The lowest BCUT2D eigenvalue weighted by Crippen LogP contribution is -2.35. The number of nitrogens with zero attached hydrogens (tertiary/aromatic N) is 1. The zero-order chi connectivity index (χ0) is 13.3. The van der Waals surface area contributed by atoms with Crippen molar-refractivity contribution < 1.29 is 14.7 Å². The number of rotatable bonds is 3. The first-order valence-electron chi connectivity index (χ1n) is 6.64. The van der Waals surface area contributed by atoms with E-state index in [4.69, 9.17) is 0 Å². The van der Waals surface area contributed by atoms with Crippen LogP contribution < -0.4 is 0 Å². The number of carboxylic acids is 1. The van der Waals surface area contributed by atoms with Crippen LogP contribution in [0, 0.1) is 17.8 Å². The van der Waals surface area contributed by atoms with Crippen molar-refractivity contribution in [1.82, 2.24) is 4.90 Å². The standard InChI is InChI=1S/C13H21NO3S/c1-8(2)9-6-14(7-10(9)13(16)17)12(15)11-4-3-5-18-11/h8-11H,3-7H2,1-2H3,(H,16,17)/t9-,10+,11?/m0/s1. The first-order valence-corrected chi connectivity index (χ1v) is 7.68. The van der Waals surface area contributed by atoms with E-state index in [0.717, 1.165) is 18.6 Å². The minimum Gasteiger partial charge on any atom is -0.481 e. The second kappa shape index (κ2) is 5.51. The van der Waals surface area contributed by atoms with Crippen LogP contribution in [-0.2, 0) is 9.59 Å². The largest absolute Gasteiger partial charge is 0.481 e. The molecule has 2 aliphatic rings. The number of aliphatic carboxylic acids is 1. The van der Waals surface area contributed by atoms with Crippen LogP contribution in [0.4, 0.5) is 0 Å². The van der Waals surface area contributed by atoms with Crippen LogP contribution in [-0.4, -0.2) is 46.0 Å². The van der Waals surface area contributed by atoms with Gasteiger partial charge in [-0.2, -0.15) is 0 Å². The second-order valence-electron chi connectivity index (χ2n) is 5.60. The number of thioether (sulfide) groups is 1. The first-order chi connectivity index (χ1) is 8.50. The van der Waals surface area contributed by atoms with Crippen LogP contribution in [0.5, 0.6) is 0 Å². The maximum Gasteiger partial charge on any atom is 0.308 e. The fraction of sp³-hybridized carbons (Fsp3) is 0.846. The molecule has 18 heavy (non-hydrogen) atoms. The topological polar surface area (TPSA) is 57.6 Å². The average molecular weight is 271 g/mol. The number of carbonyl (C=O) groups is 2. The summed E-state index contributed by atoms with van der Waals surface area (Å²) < 4.78 is 0. The lowest BCUT2D eigenvalue weighted by molar-refractivity contribution is -0.143. The highest BCUT2D eigenvalue weighted by Gasteiger charge is 2.42. The molecule has 5 heteroatoms. The molecule has 0 saturated carbocycles. The summed E-state index contributed by atoms with van der Waals surface area (Å²) in [7, 11) is 0. The van der Waals surface area contributed by atoms with Gasteiger partial charge in [0.15, 0.2) is 0 Å². The van der Waals surface area contributed by atoms with Crippen LogP contribution in [0.15, 0.2) is 0 Å². The molecule has 3 atom stereocenters. The Kier molecular flexibility index (Phi) is 4.20. The molecule has 0 radical (unpaired) electrons. The van der Waals surface area contributed by atoms with Gasteiger partial charge < -0.3 is 10.0 Å². The molecule has 1 N–H and O–H groups in total. The van der Waals surface area contributed by atoms with Crippen molar-refractivity contribution in [3.05, 3.63) is 0 Å². The summed E-state index contributed by atoms with van der Waals surface area (Å²) in [5, 5.41) is 9.33. The van der Waals surface area contributed by atoms with E-state index in [9.17, 15) is 14.7 Å². The smallest absolute Gasteiger partial charge is 0.308 e. The van der Waals surface area contributed by atoms with E-state index in [1.165, 1.54) is 0 Å². The molecular formula is C13H21NO3S. The van der Waals surface area contributed by atoms with Gasteiger partial charge in [-0.25, -0.2) is 0 Å². The molecule has 1 unspecified atom stereocenters. The Morgan fingerprint density at radius 2 is 2.06 bits per heavy atom. The maximum atomic E-state index is 12.3. The molecule has 102 valence electrons. The van der Waals surface area contributed by atoms with Gasteiger partial charge >= 0.3 is 5.97 Å². The van der Waals surface area contributed by atoms with Gasteiger partial charge in [0.05, 0.1) is 11.2 Å². The molecule has 0 aliphatic carbocycles. The van der Waals surface area contributed by atoms with Crippen LogP contribution in [0.25, 0.3) is 0 Å². The molecule has 2 saturated heterocycles. The predicted octanol–water partition coefficient (Wildman–Crippen LogP) is 1.70. The van der Waals surface area contributed by atoms with Gasteiger partial charge in [0, 0.05) is 13.1 Å². The molecule has 2 heterocycles. The van der Waals surface area contributed by atoms with E-state index in [2.05, 4.69) is 0 Å². The monoisotopic (exact) mass is 271 g/mol. The third-order valence-electron chi connectivity index (χ3n) is 4.06. The van der Waals surface area contributed by atoms with Gasteiger partial charge in [0.25, 0.3) is 0 Å². The van der Waals surface area contributed by atoms with Crippen molar-refractivity contribution in [2.75, 3.05) is 18.8 Å². The highest BCUT2D eigenvalue weighted by atomic mass is 32.2. The fourth-order valence-electron chi connectivity index (χ4n) is 2.92. The quantitative estimate of drug-likeness (QED) is 0.849. The van der Waals surface area contributed by atoms with Gasteiger partial charge in [-0.05, 0) is 30.4 Å². The van der Waals surface area contributed by atoms with Gasteiger partial charge in [-0.1, -0.05) is 13.8 Å². The Bertz CT molecular complexity index is 339. The molecule has 0 aromatic heterocycles. The molecule has 0 aromatic rings. The Morgan fingerprint density at radius 1 is 1.33 bits per heavy atom. The summed E-state index contributed by atoms with van der Waals surface area (Å²) in [5.41, 5.74) is 0. The zero-order valence-electron chi connectivity index (χ0n) is 11.0. The highest BCUT2D eigenvalue weighted by molar-refractivity contribution is 8.00. The third-order valence-corrected chi connectivity index (χ3v) is 5.42. The van der Waals surface area contributed by atoms with E-state index < -0.39 is 5.97 Å². The lowest BCUT2D eigenvalue weighted by atomic mass is 9.86. The van der Waals surface area contributed by atoms with Gasteiger partial charge in [0.1, 0.15) is 0 Å². The molecule has 2 rings (SSSR count).